The molecule has 1 aliphatic rings. The first-order chi connectivity index (χ1) is 7.87. The SMILES string of the molecule is CC(C)CCCCCC1(C)CCCCC1(C)O. The molecular weight excluding hydrogens is 208 g/mol. The second-order valence-electron chi connectivity index (χ2n) is 7.03. The van der Waals surface area contributed by atoms with Gasteiger partial charge in [-0.25, -0.2) is 0 Å². The van der Waals surface area contributed by atoms with Gasteiger partial charge in [-0.15, -0.1) is 0 Å². The van der Waals surface area contributed by atoms with Crippen molar-refractivity contribution < 1.29 is 5.11 Å². The third-order valence-electron chi connectivity index (χ3n) is 4.95. The summed E-state index contributed by atoms with van der Waals surface area (Å²) >= 11 is 0. The number of aliphatic hydroxyl groups is 1. The zero-order chi connectivity index (χ0) is 12.9. The molecule has 2 atom stereocenters. The van der Waals surface area contributed by atoms with Gasteiger partial charge in [-0.05, 0) is 37.5 Å². The summed E-state index contributed by atoms with van der Waals surface area (Å²) in [7, 11) is 0. The number of hydrogen-bond acceptors (Lipinski definition) is 1. The smallest absolute Gasteiger partial charge is 0.0673 e. The maximum Gasteiger partial charge on any atom is 0.0673 e. The Morgan fingerprint density at radius 3 is 2.24 bits per heavy atom. The molecule has 1 N–H and O–H groups in total. The summed E-state index contributed by atoms with van der Waals surface area (Å²) in [5.41, 5.74) is -0.258. The molecule has 1 saturated carbocycles. The zero-order valence-corrected chi connectivity index (χ0v) is 12.4. The van der Waals surface area contributed by atoms with E-state index >= 15 is 0 Å². The van der Waals surface area contributed by atoms with Gasteiger partial charge in [-0.3, -0.25) is 0 Å². The van der Waals surface area contributed by atoms with Gasteiger partial charge in [0.25, 0.3) is 0 Å². The topological polar surface area (TPSA) is 20.2 Å². The Balaban J connectivity index is 2.28. The number of rotatable bonds is 6. The van der Waals surface area contributed by atoms with Crippen LogP contribution < -0.4 is 0 Å². The van der Waals surface area contributed by atoms with Crippen LogP contribution in [-0.2, 0) is 0 Å². The minimum Gasteiger partial charge on any atom is -0.390 e. The van der Waals surface area contributed by atoms with E-state index in [0.717, 1.165) is 12.3 Å². The van der Waals surface area contributed by atoms with Crippen LogP contribution in [0.15, 0.2) is 0 Å². The molecule has 0 bridgehead atoms. The Kier molecular flexibility index (Phi) is 5.50. The zero-order valence-electron chi connectivity index (χ0n) is 12.4. The normalized spacial score (nSPS) is 34.2. The lowest BCUT2D eigenvalue weighted by Crippen LogP contribution is -2.46. The fraction of sp³-hybridized carbons (Fsp3) is 1.00. The Bertz CT molecular complexity index is 220. The average molecular weight is 240 g/mol. The molecule has 1 fully saturated rings. The maximum atomic E-state index is 10.5. The molecule has 0 aromatic heterocycles. The molecule has 2 unspecified atom stereocenters. The lowest BCUT2D eigenvalue weighted by molar-refractivity contribution is -0.0965. The lowest BCUT2D eigenvalue weighted by atomic mass is 9.63. The highest BCUT2D eigenvalue weighted by Gasteiger charge is 2.43. The highest BCUT2D eigenvalue weighted by Crippen LogP contribution is 2.47. The van der Waals surface area contributed by atoms with Crippen LogP contribution in [0.5, 0.6) is 0 Å². The van der Waals surface area contributed by atoms with E-state index in [-0.39, 0.29) is 5.41 Å². The predicted molar refractivity (Wildman–Crippen MR) is 75.1 cm³/mol. The third kappa shape index (κ3) is 4.28. The average Bonchev–Trinajstić information content (AvgIpc) is 2.22. The first kappa shape index (κ1) is 15.0. The molecule has 1 heteroatoms. The predicted octanol–water partition coefficient (Wildman–Crippen LogP) is 4.92. The minimum atomic E-state index is -0.427. The molecular formula is C16H32O. The van der Waals surface area contributed by atoms with E-state index in [0.29, 0.717) is 0 Å². The van der Waals surface area contributed by atoms with Gasteiger partial charge in [0, 0.05) is 0 Å². The van der Waals surface area contributed by atoms with Gasteiger partial charge in [-0.2, -0.15) is 0 Å². The van der Waals surface area contributed by atoms with E-state index in [1.807, 2.05) is 0 Å². The van der Waals surface area contributed by atoms with E-state index < -0.39 is 5.60 Å². The first-order valence-electron chi connectivity index (χ1n) is 7.60. The van der Waals surface area contributed by atoms with Gasteiger partial charge in [0.1, 0.15) is 0 Å². The molecule has 0 spiro atoms. The fourth-order valence-electron chi connectivity index (χ4n) is 3.19. The van der Waals surface area contributed by atoms with Crippen LogP contribution in [0.2, 0.25) is 0 Å². The van der Waals surface area contributed by atoms with Crippen LogP contribution in [-0.4, -0.2) is 10.7 Å². The van der Waals surface area contributed by atoms with Crippen molar-refractivity contribution in [2.75, 3.05) is 0 Å². The van der Waals surface area contributed by atoms with Gasteiger partial charge < -0.3 is 5.11 Å². The second kappa shape index (κ2) is 6.22. The summed E-state index contributed by atoms with van der Waals surface area (Å²) in [6, 6.07) is 0. The van der Waals surface area contributed by atoms with Crippen LogP contribution in [0.3, 0.4) is 0 Å². The Morgan fingerprint density at radius 2 is 1.65 bits per heavy atom. The third-order valence-corrected chi connectivity index (χ3v) is 4.95. The molecule has 0 radical (unpaired) electrons. The van der Waals surface area contributed by atoms with Crippen LogP contribution in [0, 0.1) is 11.3 Å². The summed E-state index contributed by atoms with van der Waals surface area (Å²) in [5, 5.41) is 10.5. The molecule has 0 aliphatic heterocycles. The molecule has 0 saturated heterocycles. The standard InChI is InChI=1S/C16H32O/c1-14(2)10-6-5-7-11-15(3)12-8-9-13-16(15,4)17/h14,17H,5-13H2,1-4H3. The molecule has 0 aromatic rings. The Morgan fingerprint density at radius 1 is 1.00 bits per heavy atom. The molecule has 1 aliphatic carbocycles. The van der Waals surface area contributed by atoms with Crippen molar-refractivity contribution in [2.45, 2.75) is 91.1 Å². The highest BCUT2D eigenvalue weighted by atomic mass is 16.3. The summed E-state index contributed by atoms with van der Waals surface area (Å²) in [6.07, 6.45) is 11.3. The Hall–Kier alpha value is -0.0400. The molecule has 0 amide bonds. The van der Waals surface area contributed by atoms with Crippen molar-refractivity contribution in [2.24, 2.45) is 11.3 Å². The summed E-state index contributed by atoms with van der Waals surface area (Å²) < 4.78 is 0. The maximum absolute atomic E-state index is 10.5. The van der Waals surface area contributed by atoms with Crippen molar-refractivity contribution in [1.29, 1.82) is 0 Å². The number of hydrogen-bond donors (Lipinski definition) is 1. The van der Waals surface area contributed by atoms with Crippen molar-refractivity contribution in [3.8, 4) is 0 Å². The van der Waals surface area contributed by atoms with Gasteiger partial charge in [0.05, 0.1) is 5.60 Å². The fourth-order valence-corrected chi connectivity index (χ4v) is 3.19. The summed E-state index contributed by atoms with van der Waals surface area (Å²) in [5.74, 6) is 0.836. The largest absolute Gasteiger partial charge is 0.390 e. The van der Waals surface area contributed by atoms with E-state index in [1.54, 1.807) is 0 Å². The molecule has 0 aromatic carbocycles. The van der Waals surface area contributed by atoms with E-state index in [2.05, 4.69) is 27.7 Å². The first-order valence-corrected chi connectivity index (χ1v) is 7.60. The molecule has 0 heterocycles. The lowest BCUT2D eigenvalue weighted by Gasteiger charge is -2.47. The van der Waals surface area contributed by atoms with Crippen molar-refractivity contribution in [3.05, 3.63) is 0 Å². The van der Waals surface area contributed by atoms with Crippen LogP contribution in [0.1, 0.15) is 85.5 Å². The van der Waals surface area contributed by atoms with Crippen molar-refractivity contribution >= 4 is 0 Å². The van der Waals surface area contributed by atoms with Gasteiger partial charge >= 0.3 is 0 Å². The van der Waals surface area contributed by atoms with E-state index in [4.69, 9.17) is 0 Å². The summed E-state index contributed by atoms with van der Waals surface area (Å²) in [6.45, 7) is 8.95. The molecule has 1 nitrogen and oxygen atoms in total. The second-order valence-corrected chi connectivity index (χ2v) is 7.03. The minimum absolute atomic E-state index is 0.170. The molecule has 1 rings (SSSR count). The quantitative estimate of drug-likeness (QED) is 0.653. The van der Waals surface area contributed by atoms with Crippen molar-refractivity contribution in [3.63, 3.8) is 0 Å². The van der Waals surface area contributed by atoms with Crippen LogP contribution in [0.25, 0.3) is 0 Å². The molecule has 17 heavy (non-hydrogen) atoms. The Labute approximate surface area is 108 Å². The van der Waals surface area contributed by atoms with Crippen LogP contribution >= 0.6 is 0 Å². The van der Waals surface area contributed by atoms with Crippen molar-refractivity contribution in [1.82, 2.24) is 0 Å². The molecule has 102 valence electrons. The van der Waals surface area contributed by atoms with Crippen LogP contribution in [0.4, 0.5) is 0 Å². The highest BCUT2D eigenvalue weighted by molar-refractivity contribution is 4.95. The van der Waals surface area contributed by atoms with Gasteiger partial charge in [0.15, 0.2) is 0 Å². The van der Waals surface area contributed by atoms with E-state index in [1.165, 1.54) is 51.4 Å². The van der Waals surface area contributed by atoms with Gasteiger partial charge in [0.2, 0.25) is 0 Å². The summed E-state index contributed by atoms with van der Waals surface area (Å²) in [4.78, 5) is 0. The van der Waals surface area contributed by atoms with E-state index in [9.17, 15) is 5.11 Å². The number of unbranched alkanes of at least 4 members (excludes halogenated alkanes) is 2. The van der Waals surface area contributed by atoms with Gasteiger partial charge in [-0.1, -0.05) is 59.3 Å². The monoisotopic (exact) mass is 240 g/mol.